The number of nitrogens with one attached hydrogen (secondary N) is 2. The number of amides is 2. The molecule has 0 radical (unpaired) electrons. The maximum atomic E-state index is 14.2. The molecule has 0 saturated carbocycles. The van der Waals surface area contributed by atoms with Crippen LogP contribution in [0.25, 0.3) is 0 Å². The molecular weight excluding hydrogens is 522 g/mol. The van der Waals surface area contributed by atoms with Gasteiger partial charge in [-0.25, -0.2) is 18.6 Å². The molecule has 9 heteroatoms. The topological polar surface area (TPSA) is 63.7 Å². The number of pyridine rings is 1. The number of likely N-dealkylation sites (tertiary alicyclic amines) is 1. The Morgan fingerprint density at radius 3 is 2.71 bits per heavy atom. The number of allylic oxidation sites excluding steroid dienone is 4. The lowest BCUT2D eigenvalue weighted by Crippen LogP contribution is -2.52. The van der Waals surface area contributed by atoms with Gasteiger partial charge in [-0.15, -0.1) is 0 Å². The number of piperidine rings is 1. The molecule has 3 aliphatic heterocycles. The van der Waals surface area contributed by atoms with Crippen molar-refractivity contribution in [2.75, 3.05) is 33.2 Å². The van der Waals surface area contributed by atoms with E-state index >= 15 is 0 Å². The summed E-state index contributed by atoms with van der Waals surface area (Å²) in [5.74, 6) is -1.06. The number of carbonyl (C=O) groups is 1. The molecule has 2 atom stereocenters. The molecule has 1 aromatic carbocycles. The monoisotopic (exact) mass is 562 g/mol. The van der Waals surface area contributed by atoms with Gasteiger partial charge in [-0.1, -0.05) is 43.4 Å². The third-order valence-electron chi connectivity index (χ3n) is 8.08. The number of likely N-dealkylation sites (N-methyl/N-ethyl adjacent to an activating group) is 1. The minimum absolute atomic E-state index is 0.00557. The number of aromatic nitrogens is 1. The minimum atomic E-state index is -0.528. The van der Waals surface area contributed by atoms with Crippen molar-refractivity contribution in [1.82, 2.24) is 30.5 Å². The summed E-state index contributed by atoms with van der Waals surface area (Å²) in [5, 5.41) is 5.29. The third kappa shape index (κ3) is 7.02. The first-order valence-corrected chi connectivity index (χ1v) is 14.6. The first-order valence-electron chi connectivity index (χ1n) is 14.6. The highest BCUT2D eigenvalue weighted by molar-refractivity contribution is 5.75. The highest BCUT2D eigenvalue weighted by Crippen LogP contribution is 2.37. The molecule has 5 rings (SSSR count). The molecule has 3 aliphatic rings. The number of urea groups is 1. The minimum Gasteiger partial charge on any atom is -0.334 e. The Hall–Kier alpha value is -3.56. The van der Waals surface area contributed by atoms with Crippen LogP contribution in [-0.2, 0) is 13.0 Å². The summed E-state index contributed by atoms with van der Waals surface area (Å²) in [6, 6.07) is 8.02. The Morgan fingerprint density at radius 2 is 1.95 bits per heavy atom. The molecule has 0 spiro atoms. The molecule has 41 heavy (non-hydrogen) atoms. The molecular formula is C32H40F2N6O. The van der Waals surface area contributed by atoms with E-state index in [1.54, 1.807) is 0 Å². The van der Waals surface area contributed by atoms with Crippen molar-refractivity contribution in [3.05, 3.63) is 101 Å². The Labute approximate surface area is 241 Å². The van der Waals surface area contributed by atoms with Crippen LogP contribution in [0.15, 0.2) is 72.1 Å². The fourth-order valence-electron chi connectivity index (χ4n) is 5.97. The Kier molecular flexibility index (Phi) is 9.46. The average molecular weight is 563 g/mol. The quantitative estimate of drug-likeness (QED) is 0.431. The second-order valence-corrected chi connectivity index (χ2v) is 11.1. The standard InChI is InChI=1S/C32H40F2N6O/c1-3-4-5-6-7-10-24-15-14-23(19-35-24)31-27-22-40(18-16-30(27)37-38(31)2)32(41)36-25-11-9-17-39(20-25)21-26-28(33)12-8-13-29(26)34/h4-8,12-15,19,25,31,37H,3,9-11,16-18,20-22H2,1-2H3,(H,36,41)/b5-4-,7-6-. The highest BCUT2D eigenvalue weighted by atomic mass is 19.1. The normalized spacial score (nSPS) is 22.0. The van der Waals surface area contributed by atoms with Crippen molar-refractivity contribution in [3.8, 4) is 0 Å². The van der Waals surface area contributed by atoms with E-state index in [2.05, 4.69) is 59.1 Å². The lowest BCUT2D eigenvalue weighted by Gasteiger charge is -2.36. The molecule has 2 aromatic rings. The van der Waals surface area contributed by atoms with E-state index in [4.69, 9.17) is 4.98 Å². The summed E-state index contributed by atoms with van der Waals surface area (Å²) < 4.78 is 28.4. The number of hydrazine groups is 1. The SMILES string of the molecule is CC/C=C\C=C/Cc1ccc(C2C3=C(CCN(C(=O)NC4CCCN(Cc5c(F)cccc5F)C4)C3)NN2C)cn1. The van der Waals surface area contributed by atoms with E-state index in [1.165, 1.54) is 29.5 Å². The van der Waals surface area contributed by atoms with Crippen molar-refractivity contribution in [3.63, 3.8) is 0 Å². The molecule has 218 valence electrons. The number of nitrogens with zero attached hydrogens (tertiary/aromatic N) is 4. The Balaban J connectivity index is 1.18. The van der Waals surface area contributed by atoms with E-state index in [1.807, 2.05) is 23.0 Å². The number of hydrogen-bond donors (Lipinski definition) is 2. The van der Waals surface area contributed by atoms with Crippen LogP contribution < -0.4 is 10.7 Å². The number of rotatable bonds is 8. The van der Waals surface area contributed by atoms with Gasteiger partial charge >= 0.3 is 6.03 Å². The summed E-state index contributed by atoms with van der Waals surface area (Å²) in [6.45, 7) is 4.79. The third-order valence-corrected chi connectivity index (χ3v) is 8.08. The van der Waals surface area contributed by atoms with Crippen molar-refractivity contribution < 1.29 is 13.6 Å². The van der Waals surface area contributed by atoms with Gasteiger partial charge in [0.05, 0.1) is 6.04 Å². The summed E-state index contributed by atoms with van der Waals surface area (Å²) in [4.78, 5) is 21.9. The molecule has 2 amide bonds. The van der Waals surface area contributed by atoms with Crippen LogP contribution in [0.1, 0.15) is 55.5 Å². The molecule has 2 unspecified atom stereocenters. The zero-order chi connectivity index (χ0) is 28.8. The molecule has 4 heterocycles. The van der Waals surface area contributed by atoms with E-state index in [0.717, 1.165) is 49.9 Å². The van der Waals surface area contributed by atoms with E-state index in [9.17, 15) is 13.6 Å². The predicted molar refractivity (Wildman–Crippen MR) is 157 cm³/mol. The zero-order valence-electron chi connectivity index (χ0n) is 24.0. The van der Waals surface area contributed by atoms with Crippen LogP contribution in [-0.4, -0.2) is 65.1 Å². The molecule has 2 N–H and O–H groups in total. The molecule has 1 saturated heterocycles. The van der Waals surface area contributed by atoms with Gasteiger partial charge in [0.15, 0.2) is 0 Å². The molecule has 0 bridgehead atoms. The summed E-state index contributed by atoms with van der Waals surface area (Å²) >= 11 is 0. The van der Waals surface area contributed by atoms with Gasteiger partial charge in [0, 0.05) is 75.3 Å². The largest absolute Gasteiger partial charge is 0.334 e. The number of carbonyl (C=O) groups excluding carboxylic acids is 1. The van der Waals surface area contributed by atoms with Crippen molar-refractivity contribution in [2.24, 2.45) is 0 Å². The van der Waals surface area contributed by atoms with Crippen LogP contribution in [0.3, 0.4) is 0 Å². The molecule has 1 fully saturated rings. The molecule has 7 nitrogen and oxygen atoms in total. The van der Waals surface area contributed by atoms with Gasteiger partial charge in [0.25, 0.3) is 0 Å². The highest BCUT2D eigenvalue weighted by Gasteiger charge is 2.37. The van der Waals surface area contributed by atoms with E-state index < -0.39 is 11.6 Å². The van der Waals surface area contributed by atoms with Gasteiger partial charge in [-0.2, -0.15) is 0 Å². The first-order chi connectivity index (χ1) is 19.9. The Morgan fingerprint density at radius 1 is 1.15 bits per heavy atom. The maximum absolute atomic E-state index is 14.2. The van der Waals surface area contributed by atoms with Gasteiger partial charge in [-0.3, -0.25) is 9.88 Å². The van der Waals surface area contributed by atoms with Crippen LogP contribution in [0, 0.1) is 11.6 Å². The summed E-state index contributed by atoms with van der Waals surface area (Å²) in [5.41, 5.74) is 8.05. The van der Waals surface area contributed by atoms with Gasteiger partial charge in [-0.05, 0) is 55.1 Å². The fourth-order valence-corrected chi connectivity index (χ4v) is 5.97. The maximum Gasteiger partial charge on any atom is 0.317 e. The second kappa shape index (κ2) is 13.4. The van der Waals surface area contributed by atoms with E-state index in [-0.39, 0.29) is 30.2 Å². The van der Waals surface area contributed by atoms with E-state index in [0.29, 0.717) is 19.6 Å². The summed E-state index contributed by atoms with van der Waals surface area (Å²) in [7, 11) is 2.03. The summed E-state index contributed by atoms with van der Waals surface area (Å²) in [6.07, 6.45) is 14.6. The zero-order valence-corrected chi connectivity index (χ0v) is 24.0. The lowest BCUT2D eigenvalue weighted by atomic mass is 9.95. The van der Waals surface area contributed by atoms with Crippen LogP contribution in [0.5, 0.6) is 0 Å². The van der Waals surface area contributed by atoms with Crippen molar-refractivity contribution in [2.45, 2.75) is 57.7 Å². The molecule has 0 aliphatic carbocycles. The number of hydrogen-bond acceptors (Lipinski definition) is 5. The van der Waals surface area contributed by atoms with Gasteiger partial charge in [0.1, 0.15) is 11.6 Å². The second-order valence-electron chi connectivity index (χ2n) is 11.1. The van der Waals surface area contributed by atoms with Gasteiger partial charge in [0.2, 0.25) is 0 Å². The lowest BCUT2D eigenvalue weighted by molar-refractivity contribution is 0.162. The van der Waals surface area contributed by atoms with Crippen LogP contribution >= 0.6 is 0 Å². The Bertz CT molecular complexity index is 1290. The van der Waals surface area contributed by atoms with Gasteiger partial charge < -0.3 is 15.6 Å². The smallest absolute Gasteiger partial charge is 0.317 e. The van der Waals surface area contributed by atoms with Crippen LogP contribution in [0.4, 0.5) is 13.6 Å². The predicted octanol–water partition coefficient (Wildman–Crippen LogP) is 5.25. The molecule has 1 aromatic heterocycles. The fraction of sp³-hybridized carbons (Fsp3) is 0.438. The average Bonchev–Trinajstić information content (AvgIpc) is 3.30. The number of halogens is 2. The van der Waals surface area contributed by atoms with Crippen LogP contribution in [0.2, 0.25) is 0 Å². The number of benzene rings is 1. The van der Waals surface area contributed by atoms with Crippen molar-refractivity contribution in [1.29, 1.82) is 0 Å². The van der Waals surface area contributed by atoms with Crippen molar-refractivity contribution >= 4 is 6.03 Å². The first kappa shape index (κ1) is 29.0.